The zero-order valence-electron chi connectivity index (χ0n) is 9.33. The van der Waals surface area contributed by atoms with E-state index in [0.29, 0.717) is 13.1 Å². The van der Waals surface area contributed by atoms with Crippen molar-refractivity contribution < 1.29 is 8.42 Å². The first-order valence-corrected chi connectivity index (χ1v) is 6.96. The lowest BCUT2D eigenvalue weighted by atomic mass is 10.3. The molecule has 0 aromatic rings. The van der Waals surface area contributed by atoms with Crippen molar-refractivity contribution in [2.45, 2.75) is 39.5 Å². The molecule has 0 unspecified atom stereocenters. The average Bonchev–Trinajstić information content (AvgIpc) is 2.14. The van der Waals surface area contributed by atoms with Gasteiger partial charge in [-0.05, 0) is 19.8 Å². The molecule has 4 heteroatoms. The van der Waals surface area contributed by atoms with Gasteiger partial charge in [-0.25, -0.2) is 12.7 Å². The van der Waals surface area contributed by atoms with Gasteiger partial charge in [-0.2, -0.15) is 0 Å². The van der Waals surface area contributed by atoms with E-state index in [0.717, 1.165) is 25.7 Å². The van der Waals surface area contributed by atoms with Crippen molar-refractivity contribution in [2.75, 3.05) is 18.8 Å². The van der Waals surface area contributed by atoms with Crippen molar-refractivity contribution in [3.63, 3.8) is 0 Å². The van der Waals surface area contributed by atoms with E-state index in [1.165, 1.54) is 4.31 Å². The lowest BCUT2D eigenvalue weighted by Gasteiger charge is -2.19. The number of hydrogen-bond donors (Lipinski definition) is 0. The van der Waals surface area contributed by atoms with Gasteiger partial charge >= 0.3 is 0 Å². The van der Waals surface area contributed by atoms with Crippen LogP contribution in [0.3, 0.4) is 0 Å². The van der Waals surface area contributed by atoms with Gasteiger partial charge in [0.1, 0.15) is 0 Å². The Hall–Kier alpha value is -0.0900. The third kappa shape index (κ3) is 4.96. The Morgan fingerprint density at radius 1 is 1.14 bits per heavy atom. The molecular weight excluding hydrogens is 198 g/mol. The molecule has 0 aromatic heterocycles. The van der Waals surface area contributed by atoms with E-state index in [9.17, 15) is 8.42 Å². The highest BCUT2D eigenvalue weighted by atomic mass is 32.2. The molecule has 0 fully saturated rings. The molecule has 0 rings (SSSR count). The minimum absolute atomic E-state index is 0.274. The van der Waals surface area contributed by atoms with Crippen molar-refractivity contribution >= 4 is 10.0 Å². The number of rotatable bonds is 8. The van der Waals surface area contributed by atoms with Gasteiger partial charge in [0.25, 0.3) is 0 Å². The van der Waals surface area contributed by atoms with Crippen LogP contribution in [0.5, 0.6) is 0 Å². The third-order valence-corrected chi connectivity index (χ3v) is 4.08. The minimum atomic E-state index is -3.04. The molecule has 0 heterocycles. The molecule has 0 saturated heterocycles. The first-order chi connectivity index (χ1) is 6.58. The van der Waals surface area contributed by atoms with Crippen LogP contribution in [0.1, 0.15) is 39.5 Å². The van der Waals surface area contributed by atoms with Crippen LogP contribution in [0.4, 0.5) is 0 Å². The van der Waals surface area contributed by atoms with E-state index in [1.54, 1.807) is 0 Å². The minimum Gasteiger partial charge on any atom is -0.212 e. The Bertz CT molecular complexity index is 224. The Labute approximate surface area is 88.5 Å². The predicted molar refractivity (Wildman–Crippen MR) is 60.5 cm³/mol. The highest BCUT2D eigenvalue weighted by molar-refractivity contribution is 7.89. The molecule has 0 bridgehead atoms. The summed E-state index contributed by atoms with van der Waals surface area (Å²) in [6, 6.07) is 0. The van der Waals surface area contributed by atoms with E-state index in [-0.39, 0.29) is 5.75 Å². The highest BCUT2D eigenvalue weighted by Crippen LogP contribution is 2.06. The van der Waals surface area contributed by atoms with Gasteiger partial charge in [-0.15, -0.1) is 0 Å². The van der Waals surface area contributed by atoms with E-state index < -0.39 is 10.0 Å². The van der Waals surface area contributed by atoms with Crippen molar-refractivity contribution in [1.29, 1.82) is 0 Å². The fourth-order valence-corrected chi connectivity index (χ4v) is 2.87. The Morgan fingerprint density at radius 3 is 2.21 bits per heavy atom. The van der Waals surface area contributed by atoms with Gasteiger partial charge in [0.15, 0.2) is 0 Å². The second kappa shape index (κ2) is 7.23. The molecule has 0 aliphatic rings. The molecule has 14 heavy (non-hydrogen) atoms. The van der Waals surface area contributed by atoms with Crippen LogP contribution in [-0.4, -0.2) is 31.6 Å². The molecular formula is C10H22NO2S. The van der Waals surface area contributed by atoms with Crippen molar-refractivity contribution in [3.05, 3.63) is 6.92 Å². The standard InChI is InChI=1S/C10H22NO2S/c1-4-7-8-10-14(12,13)11(6-3)9-5-2/h3-10H2,1-2H3. The van der Waals surface area contributed by atoms with Crippen LogP contribution in [0, 0.1) is 6.92 Å². The molecule has 0 aliphatic carbocycles. The van der Waals surface area contributed by atoms with Gasteiger partial charge in [0, 0.05) is 13.1 Å². The van der Waals surface area contributed by atoms with Crippen molar-refractivity contribution in [3.8, 4) is 0 Å². The zero-order chi connectivity index (χ0) is 11.0. The summed E-state index contributed by atoms with van der Waals surface area (Å²) in [7, 11) is -3.04. The van der Waals surface area contributed by atoms with Gasteiger partial charge in [0.05, 0.1) is 5.75 Å². The van der Waals surface area contributed by atoms with Crippen LogP contribution in [0.15, 0.2) is 0 Å². The molecule has 0 amide bonds. The molecule has 85 valence electrons. The summed E-state index contributed by atoms with van der Waals surface area (Å²) < 4.78 is 24.9. The second-order valence-corrected chi connectivity index (χ2v) is 5.51. The quantitative estimate of drug-likeness (QED) is 0.587. The first kappa shape index (κ1) is 13.9. The summed E-state index contributed by atoms with van der Waals surface area (Å²) in [6.45, 7) is 8.63. The molecule has 0 aliphatic heterocycles. The maximum Gasteiger partial charge on any atom is 0.214 e. The summed E-state index contributed by atoms with van der Waals surface area (Å²) in [6.07, 6.45) is 3.64. The fourth-order valence-electron chi connectivity index (χ4n) is 1.30. The second-order valence-electron chi connectivity index (χ2n) is 3.42. The van der Waals surface area contributed by atoms with E-state index in [4.69, 9.17) is 0 Å². The molecule has 0 N–H and O–H groups in total. The largest absolute Gasteiger partial charge is 0.214 e. The fraction of sp³-hybridized carbons (Fsp3) is 0.900. The van der Waals surface area contributed by atoms with Crippen LogP contribution in [0.25, 0.3) is 0 Å². The average molecular weight is 220 g/mol. The molecule has 0 spiro atoms. The van der Waals surface area contributed by atoms with Crippen LogP contribution in [-0.2, 0) is 10.0 Å². The van der Waals surface area contributed by atoms with Crippen LogP contribution < -0.4 is 0 Å². The number of sulfonamides is 1. The lowest BCUT2D eigenvalue weighted by Crippen LogP contribution is -2.33. The summed E-state index contributed by atoms with van der Waals surface area (Å²) in [5, 5.41) is 0. The third-order valence-electron chi connectivity index (χ3n) is 2.12. The lowest BCUT2D eigenvalue weighted by molar-refractivity contribution is 0.438. The number of hydrogen-bond acceptors (Lipinski definition) is 2. The summed E-state index contributed by atoms with van der Waals surface area (Å²) in [5.74, 6) is 0.274. The molecule has 0 atom stereocenters. The van der Waals surface area contributed by atoms with E-state index in [1.807, 2.05) is 6.92 Å². The Balaban J connectivity index is 4.12. The summed E-state index contributed by atoms with van der Waals surface area (Å²) >= 11 is 0. The van der Waals surface area contributed by atoms with Crippen LogP contribution in [0.2, 0.25) is 0 Å². The topological polar surface area (TPSA) is 37.4 Å². The van der Waals surface area contributed by atoms with E-state index in [2.05, 4.69) is 13.8 Å². The molecule has 3 nitrogen and oxygen atoms in total. The maximum absolute atomic E-state index is 11.7. The van der Waals surface area contributed by atoms with Gasteiger partial charge in [-0.3, -0.25) is 0 Å². The maximum atomic E-state index is 11.7. The first-order valence-electron chi connectivity index (χ1n) is 5.35. The van der Waals surface area contributed by atoms with E-state index >= 15 is 0 Å². The summed E-state index contributed by atoms with van der Waals surface area (Å²) in [4.78, 5) is 0. The highest BCUT2D eigenvalue weighted by Gasteiger charge is 2.18. The zero-order valence-corrected chi connectivity index (χ0v) is 10.1. The number of nitrogens with zero attached hydrogens (tertiary/aromatic N) is 1. The Morgan fingerprint density at radius 2 is 1.79 bits per heavy atom. The van der Waals surface area contributed by atoms with Crippen molar-refractivity contribution in [1.82, 2.24) is 4.31 Å². The monoisotopic (exact) mass is 220 g/mol. The molecule has 0 aromatic carbocycles. The SMILES string of the molecule is [CH2]CN(CCC)S(=O)(=O)CCCCC. The van der Waals surface area contributed by atoms with Crippen molar-refractivity contribution in [2.24, 2.45) is 0 Å². The van der Waals surface area contributed by atoms with Crippen LogP contribution >= 0.6 is 0 Å². The summed E-state index contributed by atoms with van der Waals surface area (Å²) in [5.41, 5.74) is 0. The molecule has 0 saturated carbocycles. The normalized spacial score (nSPS) is 12.3. The molecule has 1 radical (unpaired) electrons. The Kier molecular flexibility index (Phi) is 7.19. The smallest absolute Gasteiger partial charge is 0.212 e. The predicted octanol–water partition coefficient (Wildman–Crippen LogP) is 2.05. The van der Waals surface area contributed by atoms with Gasteiger partial charge in [0.2, 0.25) is 10.0 Å². The van der Waals surface area contributed by atoms with Gasteiger partial charge in [-0.1, -0.05) is 26.7 Å². The number of unbranched alkanes of at least 4 members (excludes halogenated alkanes) is 2. The van der Waals surface area contributed by atoms with Gasteiger partial charge < -0.3 is 0 Å².